The molecule has 11 heteroatoms. The molecule has 3 aromatic rings. The second-order valence-corrected chi connectivity index (χ2v) is 10.9. The molecule has 4 heterocycles. The van der Waals surface area contributed by atoms with Crippen LogP contribution in [0, 0.1) is 18.3 Å². The van der Waals surface area contributed by atoms with Crippen LogP contribution in [-0.2, 0) is 11.2 Å². The van der Waals surface area contributed by atoms with Crippen LogP contribution in [-0.4, -0.2) is 56.0 Å². The van der Waals surface area contributed by atoms with Gasteiger partial charge in [0.2, 0.25) is 5.88 Å². The molecule has 198 valence electrons. The Labute approximate surface area is 225 Å². The molecule has 4 rings (SSSR count). The van der Waals surface area contributed by atoms with E-state index in [9.17, 15) is 9.59 Å². The number of nitrogens with one attached hydrogen (secondary N) is 1. The third-order valence-corrected chi connectivity index (χ3v) is 6.77. The molecule has 0 unspecified atom stereocenters. The van der Waals surface area contributed by atoms with Crippen LogP contribution in [0.5, 0.6) is 5.88 Å². The van der Waals surface area contributed by atoms with E-state index in [2.05, 4.69) is 19.7 Å². The van der Waals surface area contributed by atoms with Gasteiger partial charge in [-0.2, -0.15) is 9.64 Å². The largest absolute Gasteiger partial charge is 0.474 e. The molecule has 2 amide bonds. The number of anilines is 1. The van der Waals surface area contributed by atoms with Gasteiger partial charge in [0.1, 0.15) is 17.8 Å². The van der Waals surface area contributed by atoms with E-state index in [-0.39, 0.29) is 18.1 Å². The summed E-state index contributed by atoms with van der Waals surface area (Å²) in [6.45, 7) is 8.47. The van der Waals surface area contributed by atoms with Gasteiger partial charge in [0.15, 0.2) is 0 Å². The summed E-state index contributed by atoms with van der Waals surface area (Å²) in [5.41, 5.74) is 2.41. The van der Waals surface area contributed by atoms with Gasteiger partial charge in [-0.05, 0) is 57.4 Å². The number of likely N-dealkylation sites (tertiary alicyclic amines) is 1. The normalized spacial score (nSPS) is 14.0. The van der Waals surface area contributed by atoms with Crippen molar-refractivity contribution in [3.8, 4) is 11.9 Å². The summed E-state index contributed by atoms with van der Waals surface area (Å²) in [6, 6.07) is 8.99. The summed E-state index contributed by atoms with van der Waals surface area (Å²) in [4.78, 5) is 36.5. The van der Waals surface area contributed by atoms with Crippen LogP contribution in [0.1, 0.15) is 65.8 Å². The van der Waals surface area contributed by atoms with Crippen LogP contribution in [0.15, 0.2) is 36.7 Å². The molecule has 1 saturated heterocycles. The Morgan fingerprint density at radius 2 is 1.92 bits per heavy atom. The van der Waals surface area contributed by atoms with Crippen molar-refractivity contribution >= 4 is 29.2 Å². The zero-order valence-corrected chi connectivity index (χ0v) is 22.7. The molecule has 3 aromatic heterocycles. The number of ether oxygens (including phenoxy) is 2. The molecule has 1 N–H and O–H groups in total. The number of carbonyl (C=O) groups excluding carboxylic acids is 2. The van der Waals surface area contributed by atoms with E-state index in [1.54, 1.807) is 42.3 Å². The quantitative estimate of drug-likeness (QED) is 0.480. The zero-order valence-electron chi connectivity index (χ0n) is 21.9. The van der Waals surface area contributed by atoms with Gasteiger partial charge in [0.25, 0.3) is 5.91 Å². The highest BCUT2D eigenvalue weighted by molar-refractivity contribution is 7.06. The second kappa shape index (κ2) is 11.6. The van der Waals surface area contributed by atoms with Crippen molar-refractivity contribution in [1.29, 1.82) is 5.26 Å². The van der Waals surface area contributed by atoms with Gasteiger partial charge >= 0.3 is 6.09 Å². The minimum atomic E-state index is -0.520. The predicted molar refractivity (Wildman–Crippen MR) is 142 cm³/mol. The van der Waals surface area contributed by atoms with Gasteiger partial charge in [-0.1, -0.05) is 0 Å². The standard InChI is InChI=1S/C27H30N6O4S/c1-17-24(22(38-32-17)13-19-6-5-18(14-28)15-29-19)25(34)31-20-7-8-23(30-16-20)36-21-9-11-33(12-10-21)26(35)37-27(2,3)4/h5-8,15-16,21H,9-13H2,1-4H3,(H,31,34). The highest BCUT2D eigenvalue weighted by atomic mass is 32.1. The lowest BCUT2D eigenvalue weighted by Gasteiger charge is -2.33. The number of aromatic nitrogens is 3. The fourth-order valence-corrected chi connectivity index (χ4v) is 4.84. The topological polar surface area (TPSA) is 130 Å². The molecule has 1 fully saturated rings. The average Bonchev–Trinajstić information content (AvgIpc) is 3.25. The van der Waals surface area contributed by atoms with Gasteiger partial charge in [-0.3, -0.25) is 9.78 Å². The van der Waals surface area contributed by atoms with Gasteiger partial charge in [-0.15, -0.1) is 0 Å². The molecular weight excluding hydrogens is 504 g/mol. The summed E-state index contributed by atoms with van der Waals surface area (Å²) < 4.78 is 15.8. The number of amides is 2. The van der Waals surface area contributed by atoms with Crippen molar-refractivity contribution in [3.63, 3.8) is 0 Å². The first kappa shape index (κ1) is 27.0. The number of carbonyl (C=O) groups is 2. The monoisotopic (exact) mass is 534 g/mol. The fourth-order valence-electron chi connectivity index (χ4n) is 3.96. The lowest BCUT2D eigenvalue weighted by molar-refractivity contribution is 0.0123. The Bertz CT molecular complexity index is 1320. The number of nitriles is 1. The van der Waals surface area contributed by atoms with E-state index in [4.69, 9.17) is 14.7 Å². The highest BCUT2D eigenvalue weighted by Crippen LogP contribution is 2.24. The van der Waals surface area contributed by atoms with E-state index in [0.717, 1.165) is 10.6 Å². The number of hydrogen-bond donors (Lipinski definition) is 1. The molecule has 38 heavy (non-hydrogen) atoms. The van der Waals surface area contributed by atoms with Crippen LogP contribution in [0.3, 0.4) is 0 Å². The third kappa shape index (κ3) is 7.04. The lowest BCUT2D eigenvalue weighted by atomic mass is 10.1. The number of nitrogens with zero attached hydrogens (tertiary/aromatic N) is 5. The summed E-state index contributed by atoms with van der Waals surface area (Å²) in [7, 11) is 0. The Morgan fingerprint density at radius 1 is 1.16 bits per heavy atom. The fraction of sp³-hybridized carbons (Fsp3) is 0.407. The first-order chi connectivity index (χ1) is 18.1. The first-order valence-corrected chi connectivity index (χ1v) is 13.1. The van der Waals surface area contributed by atoms with E-state index >= 15 is 0 Å². The van der Waals surface area contributed by atoms with Crippen molar-refractivity contribution in [2.45, 2.75) is 58.7 Å². The van der Waals surface area contributed by atoms with Crippen molar-refractivity contribution in [2.75, 3.05) is 18.4 Å². The minimum absolute atomic E-state index is 0.0560. The molecule has 0 aliphatic carbocycles. The Kier molecular flexibility index (Phi) is 8.22. The van der Waals surface area contributed by atoms with Crippen LogP contribution in [0.4, 0.5) is 10.5 Å². The maximum atomic E-state index is 13.1. The Hall–Kier alpha value is -4.04. The van der Waals surface area contributed by atoms with Gasteiger partial charge < -0.3 is 19.7 Å². The van der Waals surface area contributed by atoms with Gasteiger partial charge in [-0.25, -0.2) is 9.78 Å². The molecule has 1 aliphatic heterocycles. The second-order valence-electron chi connectivity index (χ2n) is 10.0. The van der Waals surface area contributed by atoms with Crippen LogP contribution < -0.4 is 10.1 Å². The summed E-state index contributed by atoms with van der Waals surface area (Å²) in [6.07, 6.45) is 4.52. The Balaban J connectivity index is 1.31. The lowest BCUT2D eigenvalue weighted by Crippen LogP contribution is -2.44. The summed E-state index contributed by atoms with van der Waals surface area (Å²) in [5, 5.41) is 11.8. The number of pyridine rings is 2. The van der Waals surface area contributed by atoms with Crippen molar-refractivity contribution in [1.82, 2.24) is 19.2 Å². The summed E-state index contributed by atoms with van der Waals surface area (Å²) >= 11 is 1.26. The van der Waals surface area contributed by atoms with Crippen LogP contribution in [0.25, 0.3) is 0 Å². The molecule has 0 atom stereocenters. The summed E-state index contributed by atoms with van der Waals surface area (Å²) in [5.74, 6) is 0.185. The van der Waals surface area contributed by atoms with E-state index < -0.39 is 5.60 Å². The maximum absolute atomic E-state index is 13.1. The van der Waals surface area contributed by atoms with Crippen molar-refractivity contribution in [2.24, 2.45) is 0 Å². The SMILES string of the molecule is Cc1nsc(Cc2ccc(C#N)cn2)c1C(=O)Nc1ccc(OC2CCN(C(=O)OC(C)(C)C)CC2)nc1. The minimum Gasteiger partial charge on any atom is -0.474 e. The average molecular weight is 535 g/mol. The number of rotatable bonds is 6. The molecule has 10 nitrogen and oxygen atoms in total. The first-order valence-electron chi connectivity index (χ1n) is 12.3. The smallest absolute Gasteiger partial charge is 0.410 e. The molecule has 0 spiro atoms. The van der Waals surface area contributed by atoms with Crippen LogP contribution >= 0.6 is 11.5 Å². The number of aryl methyl sites for hydroxylation is 1. The molecule has 0 radical (unpaired) electrons. The predicted octanol–water partition coefficient (Wildman–Crippen LogP) is 4.73. The highest BCUT2D eigenvalue weighted by Gasteiger charge is 2.28. The molecule has 0 bridgehead atoms. The van der Waals surface area contributed by atoms with E-state index in [1.165, 1.54) is 17.7 Å². The van der Waals surface area contributed by atoms with E-state index in [1.807, 2.05) is 26.8 Å². The zero-order chi connectivity index (χ0) is 27.3. The molecular formula is C27H30N6O4S. The third-order valence-electron chi connectivity index (χ3n) is 5.83. The van der Waals surface area contributed by atoms with E-state index in [0.29, 0.717) is 60.7 Å². The van der Waals surface area contributed by atoms with Crippen molar-refractivity contribution in [3.05, 3.63) is 64.1 Å². The number of piperidine rings is 1. The van der Waals surface area contributed by atoms with Crippen molar-refractivity contribution < 1.29 is 19.1 Å². The number of hydrogen-bond acceptors (Lipinski definition) is 9. The molecule has 0 aromatic carbocycles. The molecule has 0 saturated carbocycles. The Morgan fingerprint density at radius 3 is 2.53 bits per heavy atom. The maximum Gasteiger partial charge on any atom is 0.410 e. The van der Waals surface area contributed by atoms with Gasteiger partial charge in [0.05, 0.1) is 28.7 Å². The molecule has 1 aliphatic rings. The van der Waals surface area contributed by atoms with Crippen LogP contribution in [0.2, 0.25) is 0 Å². The van der Waals surface area contributed by atoms with Gasteiger partial charge in [0, 0.05) is 55.2 Å².